The maximum absolute atomic E-state index is 12.2. The molecule has 0 aliphatic heterocycles. The van der Waals surface area contributed by atoms with Gasteiger partial charge in [0.15, 0.2) is 6.61 Å². The van der Waals surface area contributed by atoms with Crippen LogP contribution in [0.25, 0.3) is 0 Å². The number of anilines is 1. The van der Waals surface area contributed by atoms with Crippen LogP contribution >= 0.6 is 35.0 Å². The maximum atomic E-state index is 12.2. The summed E-state index contributed by atoms with van der Waals surface area (Å²) in [6, 6.07) is 8.05. The standard InChI is InChI=1S/C19H16Cl2N4O5S/c1-10-3-11(2)5-13(4-10)29-8-17-23-24-19(30-17)31-9-16(26)22-18-14(20)6-12(25(27)28)7-15(18)21/h3-7H,8-9H2,1-2H3,(H,22,26). The Morgan fingerprint density at radius 2 is 1.81 bits per heavy atom. The SMILES string of the molecule is Cc1cc(C)cc(OCc2nnc(SCC(=O)Nc3c(Cl)cc([N+](=O)[O-])cc3Cl)o2)c1. The third kappa shape index (κ3) is 6.33. The minimum Gasteiger partial charge on any atom is -0.484 e. The number of ether oxygens (including phenoxy) is 1. The van der Waals surface area contributed by atoms with Gasteiger partial charge in [-0.25, -0.2) is 0 Å². The van der Waals surface area contributed by atoms with Crippen LogP contribution in [0.15, 0.2) is 40.0 Å². The fourth-order valence-electron chi connectivity index (χ4n) is 2.60. The van der Waals surface area contributed by atoms with E-state index in [2.05, 4.69) is 15.5 Å². The largest absolute Gasteiger partial charge is 0.484 e. The van der Waals surface area contributed by atoms with Crippen LogP contribution < -0.4 is 10.1 Å². The molecule has 1 N–H and O–H groups in total. The number of nitrogens with zero attached hydrogens (tertiary/aromatic N) is 3. The molecule has 0 bridgehead atoms. The van der Waals surface area contributed by atoms with E-state index in [1.165, 1.54) is 0 Å². The van der Waals surface area contributed by atoms with Crippen molar-refractivity contribution in [1.29, 1.82) is 0 Å². The molecule has 2 aromatic carbocycles. The molecule has 1 heterocycles. The van der Waals surface area contributed by atoms with Crippen LogP contribution in [0.4, 0.5) is 11.4 Å². The van der Waals surface area contributed by atoms with Crippen LogP contribution in [0, 0.1) is 24.0 Å². The predicted octanol–water partition coefficient (Wildman–Crippen LogP) is 5.21. The number of amides is 1. The van der Waals surface area contributed by atoms with Gasteiger partial charge in [0.05, 0.1) is 26.4 Å². The van der Waals surface area contributed by atoms with Gasteiger partial charge in [0.1, 0.15) is 5.75 Å². The molecule has 0 aliphatic carbocycles. The third-order valence-corrected chi connectivity index (χ3v) is 5.25. The first-order valence-corrected chi connectivity index (χ1v) is 10.5. The van der Waals surface area contributed by atoms with Gasteiger partial charge < -0.3 is 14.5 Å². The second kappa shape index (κ2) is 9.99. The number of rotatable bonds is 8. The van der Waals surface area contributed by atoms with Gasteiger partial charge in [-0.05, 0) is 37.1 Å². The number of carbonyl (C=O) groups excluding carboxylic acids is 1. The molecule has 12 heteroatoms. The maximum Gasteiger partial charge on any atom is 0.277 e. The molecule has 3 aromatic rings. The van der Waals surface area contributed by atoms with Crippen molar-refractivity contribution in [2.75, 3.05) is 11.1 Å². The Balaban J connectivity index is 1.53. The van der Waals surface area contributed by atoms with Crippen molar-refractivity contribution in [2.24, 2.45) is 0 Å². The normalized spacial score (nSPS) is 10.7. The van der Waals surface area contributed by atoms with Crippen LogP contribution in [0.5, 0.6) is 5.75 Å². The van der Waals surface area contributed by atoms with Gasteiger partial charge in [-0.1, -0.05) is 41.0 Å². The number of thioether (sulfide) groups is 1. The van der Waals surface area contributed by atoms with Crippen LogP contribution in [0.2, 0.25) is 10.0 Å². The lowest BCUT2D eigenvalue weighted by Gasteiger charge is -2.08. The molecule has 0 radical (unpaired) electrons. The fourth-order valence-corrected chi connectivity index (χ4v) is 3.75. The lowest BCUT2D eigenvalue weighted by atomic mass is 10.1. The number of hydrogen-bond donors (Lipinski definition) is 1. The van der Waals surface area contributed by atoms with Gasteiger partial charge in [0.25, 0.3) is 16.8 Å². The molecule has 162 valence electrons. The smallest absolute Gasteiger partial charge is 0.277 e. The summed E-state index contributed by atoms with van der Waals surface area (Å²) in [7, 11) is 0. The molecule has 1 aromatic heterocycles. The minimum atomic E-state index is -0.629. The molecule has 0 unspecified atom stereocenters. The van der Waals surface area contributed by atoms with E-state index in [0.717, 1.165) is 35.0 Å². The average Bonchev–Trinajstić information content (AvgIpc) is 3.14. The van der Waals surface area contributed by atoms with E-state index in [0.29, 0.717) is 5.75 Å². The van der Waals surface area contributed by atoms with Crippen molar-refractivity contribution in [3.63, 3.8) is 0 Å². The number of aromatic nitrogens is 2. The summed E-state index contributed by atoms with van der Waals surface area (Å²) in [6.07, 6.45) is 0. The average molecular weight is 483 g/mol. The van der Waals surface area contributed by atoms with Crippen molar-refractivity contribution >= 4 is 52.2 Å². The molecule has 1 amide bonds. The zero-order valence-corrected chi connectivity index (χ0v) is 18.7. The Morgan fingerprint density at radius 3 is 2.42 bits per heavy atom. The van der Waals surface area contributed by atoms with Crippen molar-refractivity contribution in [1.82, 2.24) is 10.2 Å². The number of nitrogens with one attached hydrogen (secondary N) is 1. The lowest BCUT2D eigenvalue weighted by molar-refractivity contribution is -0.384. The first-order valence-electron chi connectivity index (χ1n) is 8.81. The van der Waals surface area contributed by atoms with Crippen LogP contribution in [0.1, 0.15) is 17.0 Å². The predicted molar refractivity (Wildman–Crippen MR) is 117 cm³/mol. The third-order valence-electron chi connectivity index (χ3n) is 3.83. The molecule has 9 nitrogen and oxygen atoms in total. The van der Waals surface area contributed by atoms with E-state index >= 15 is 0 Å². The molecule has 0 aliphatic rings. The molecular weight excluding hydrogens is 467 g/mol. The Bertz CT molecular complexity index is 1090. The van der Waals surface area contributed by atoms with Crippen LogP contribution in [-0.4, -0.2) is 26.8 Å². The Labute approximate surface area is 191 Å². The van der Waals surface area contributed by atoms with Gasteiger partial charge in [0.2, 0.25) is 5.91 Å². The summed E-state index contributed by atoms with van der Waals surface area (Å²) >= 11 is 13.0. The van der Waals surface area contributed by atoms with Crippen molar-refractivity contribution in [2.45, 2.75) is 25.7 Å². The molecule has 0 fully saturated rings. The van der Waals surface area contributed by atoms with Gasteiger partial charge in [-0.3, -0.25) is 14.9 Å². The molecule has 0 spiro atoms. The summed E-state index contributed by atoms with van der Waals surface area (Å²) in [5, 5.41) is 21.2. The molecule has 0 saturated heterocycles. The van der Waals surface area contributed by atoms with E-state index in [1.54, 1.807) is 0 Å². The number of non-ortho nitro benzene ring substituents is 1. The zero-order valence-electron chi connectivity index (χ0n) is 16.3. The molecular formula is C19H16Cl2N4O5S. The van der Waals surface area contributed by atoms with E-state index < -0.39 is 10.8 Å². The van der Waals surface area contributed by atoms with Crippen molar-refractivity contribution < 1.29 is 18.9 Å². The van der Waals surface area contributed by atoms with E-state index in [9.17, 15) is 14.9 Å². The van der Waals surface area contributed by atoms with E-state index in [1.807, 2.05) is 32.0 Å². The summed E-state index contributed by atoms with van der Waals surface area (Å²) in [4.78, 5) is 22.4. The first kappa shape index (κ1) is 22.9. The van der Waals surface area contributed by atoms with Crippen LogP contribution in [0.3, 0.4) is 0 Å². The number of halogens is 2. The highest BCUT2D eigenvalue weighted by molar-refractivity contribution is 7.99. The second-order valence-corrected chi connectivity index (χ2v) is 8.19. The van der Waals surface area contributed by atoms with E-state index in [-0.39, 0.29) is 44.9 Å². The summed E-state index contributed by atoms with van der Waals surface area (Å²) < 4.78 is 11.1. The number of aryl methyl sites for hydroxylation is 2. The topological polar surface area (TPSA) is 120 Å². The summed E-state index contributed by atoms with van der Waals surface area (Å²) in [5.41, 5.74) is 1.98. The lowest BCUT2D eigenvalue weighted by Crippen LogP contribution is -2.14. The number of nitro benzene ring substituents is 1. The summed E-state index contributed by atoms with van der Waals surface area (Å²) in [6.45, 7) is 4.05. The minimum absolute atomic E-state index is 0.0406. The fraction of sp³-hybridized carbons (Fsp3) is 0.211. The first-order chi connectivity index (χ1) is 14.7. The number of nitro groups is 1. The Morgan fingerprint density at radius 1 is 1.16 bits per heavy atom. The van der Waals surface area contributed by atoms with Crippen LogP contribution in [-0.2, 0) is 11.4 Å². The number of benzene rings is 2. The van der Waals surface area contributed by atoms with E-state index in [4.69, 9.17) is 32.4 Å². The Hall–Kier alpha value is -2.82. The number of carbonyl (C=O) groups is 1. The molecule has 3 rings (SSSR count). The Kier molecular flexibility index (Phi) is 7.37. The quantitative estimate of drug-likeness (QED) is 0.263. The van der Waals surface area contributed by atoms with Gasteiger partial charge >= 0.3 is 0 Å². The molecule has 0 atom stereocenters. The van der Waals surface area contributed by atoms with Gasteiger partial charge in [0, 0.05) is 12.1 Å². The highest BCUT2D eigenvalue weighted by Gasteiger charge is 2.17. The molecule has 0 saturated carbocycles. The van der Waals surface area contributed by atoms with Crippen molar-refractivity contribution in [3.05, 3.63) is 67.5 Å². The molecule has 31 heavy (non-hydrogen) atoms. The van der Waals surface area contributed by atoms with Gasteiger partial charge in [-0.15, -0.1) is 10.2 Å². The number of hydrogen-bond acceptors (Lipinski definition) is 8. The summed E-state index contributed by atoms with van der Waals surface area (Å²) in [5.74, 6) is 0.446. The monoisotopic (exact) mass is 482 g/mol. The highest BCUT2D eigenvalue weighted by atomic mass is 35.5. The van der Waals surface area contributed by atoms with Gasteiger partial charge in [-0.2, -0.15) is 0 Å². The highest BCUT2D eigenvalue weighted by Crippen LogP contribution is 2.34. The van der Waals surface area contributed by atoms with Crippen molar-refractivity contribution in [3.8, 4) is 5.75 Å². The second-order valence-electron chi connectivity index (χ2n) is 6.45. The zero-order chi connectivity index (χ0) is 22.5.